The number of hydrogen-bond acceptors (Lipinski definition) is 6. The zero-order valence-electron chi connectivity index (χ0n) is 16.7. The van der Waals surface area contributed by atoms with Crippen LogP contribution in [0.2, 0.25) is 0 Å². The van der Waals surface area contributed by atoms with Gasteiger partial charge in [0, 0.05) is 31.2 Å². The van der Waals surface area contributed by atoms with Crippen molar-refractivity contribution in [2.45, 2.75) is 39.3 Å². The maximum atomic E-state index is 11.0. The Bertz CT molecular complexity index is 747. The van der Waals surface area contributed by atoms with Gasteiger partial charge < -0.3 is 5.32 Å². The van der Waals surface area contributed by atoms with E-state index in [1.165, 1.54) is 23.2 Å². The van der Waals surface area contributed by atoms with Crippen LogP contribution >= 0.6 is 0 Å². The van der Waals surface area contributed by atoms with E-state index in [0.29, 0.717) is 17.6 Å². The lowest BCUT2D eigenvalue weighted by Gasteiger charge is -2.30. The van der Waals surface area contributed by atoms with E-state index in [0.717, 1.165) is 19.5 Å². The maximum Gasteiger partial charge on any atom is 0.267 e. The number of amides is 1. The Morgan fingerprint density at radius 1 is 1.18 bits per heavy atom. The highest BCUT2D eigenvalue weighted by Crippen LogP contribution is 2.09. The highest BCUT2D eigenvalue weighted by atomic mass is 16.5. The lowest BCUT2D eigenvalue weighted by atomic mass is 10.1. The predicted octanol–water partition coefficient (Wildman–Crippen LogP) is 2.75. The number of nitrogens with one attached hydrogen (secondary N) is 2. The molecule has 0 fully saturated rings. The van der Waals surface area contributed by atoms with E-state index in [2.05, 4.69) is 65.2 Å². The molecule has 28 heavy (non-hydrogen) atoms. The number of carbonyl (C=O) groups excluding carboxylic acids is 1. The fraction of sp³-hybridized carbons (Fsp3) is 0.381. The molecule has 0 aliphatic heterocycles. The largest absolute Gasteiger partial charge is 0.365 e. The number of rotatable bonds is 10. The quantitative estimate of drug-likeness (QED) is 0.332. The first-order valence-corrected chi connectivity index (χ1v) is 9.46. The molecule has 1 amide bonds. The normalized spacial score (nSPS) is 12.5. The van der Waals surface area contributed by atoms with Crippen LogP contribution in [0.4, 0.5) is 5.82 Å². The lowest BCUT2D eigenvalue weighted by molar-refractivity contribution is -0.124. The lowest BCUT2D eigenvalue weighted by Crippen LogP contribution is -2.40. The second kappa shape index (κ2) is 11.2. The zero-order chi connectivity index (χ0) is 20.4. The summed E-state index contributed by atoms with van der Waals surface area (Å²) in [5, 5.41) is 11.8. The third kappa shape index (κ3) is 7.46. The van der Waals surface area contributed by atoms with Crippen molar-refractivity contribution in [3.8, 4) is 0 Å². The standard InChI is InChI=1S/C21H29N5O2/c1-16(2)26(12-11-18-7-5-4-6-8-18)15-17(3)24-20-14-22-19(13-23-20)9-10-21(27)25-28/h4-10,13-14,16-17,28H,11-12,15H2,1-3H3,(H,23,24)(H,25,27)/t17-/m1/s1. The average Bonchev–Trinajstić information content (AvgIpc) is 2.70. The van der Waals surface area contributed by atoms with Gasteiger partial charge >= 0.3 is 0 Å². The first kappa shape index (κ1) is 21.5. The number of hydroxylamine groups is 1. The van der Waals surface area contributed by atoms with Gasteiger partial charge in [0.05, 0.1) is 18.1 Å². The summed E-state index contributed by atoms with van der Waals surface area (Å²) in [6.45, 7) is 8.43. The Balaban J connectivity index is 1.87. The molecule has 150 valence electrons. The van der Waals surface area contributed by atoms with Crippen molar-refractivity contribution in [2.24, 2.45) is 0 Å². The van der Waals surface area contributed by atoms with Gasteiger partial charge in [0.1, 0.15) is 5.82 Å². The van der Waals surface area contributed by atoms with Crippen molar-refractivity contribution < 1.29 is 10.0 Å². The van der Waals surface area contributed by atoms with Gasteiger partial charge in [-0.15, -0.1) is 0 Å². The number of carbonyl (C=O) groups is 1. The summed E-state index contributed by atoms with van der Waals surface area (Å²) in [6.07, 6.45) is 6.90. The van der Waals surface area contributed by atoms with Gasteiger partial charge in [-0.25, -0.2) is 10.5 Å². The second-order valence-corrected chi connectivity index (χ2v) is 7.01. The maximum absolute atomic E-state index is 11.0. The smallest absolute Gasteiger partial charge is 0.267 e. The molecule has 2 aromatic rings. The van der Waals surface area contributed by atoms with Crippen LogP contribution < -0.4 is 10.8 Å². The number of hydrogen-bond donors (Lipinski definition) is 3. The monoisotopic (exact) mass is 383 g/mol. The van der Waals surface area contributed by atoms with Crippen LogP contribution in [0.5, 0.6) is 0 Å². The molecule has 0 bridgehead atoms. The molecule has 0 aliphatic rings. The van der Waals surface area contributed by atoms with E-state index in [1.54, 1.807) is 12.4 Å². The minimum Gasteiger partial charge on any atom is -0.365 e. The highest BCUT2D eigenvalue weighted by Gasteiger charge is 2.14. The number of benzene rings is 1. The molecule has 2 rings (SSSR count). The Kier molecular flexibility index (Phi) is 8.58. The van der Waals surface area contributed by atoms with Crippen LogP contribution in [0.1, 0.15) is 32.0 Å². The Hall–Kier alpha value is -2.77. The minimum absolute atomic E-state index is 0.203. The molecule has 1 aromatic heterocycles. The summed E-state index contributed by atoms with van der Waals surface area (Å²) in [6, 6.07) is 11.2. The molecule has 0 unspecified atom stereocenters. The Morgan fingerprint density at radius 2 is 1.93 bits per heavy atom. The summed E-state index contributed by atoms with van der Waals surface area (Å²) in [4.78, 5) is 22.0. The van der Waals surface area contributed by atoms with Crippen LogP contribution in [0.3, 0.4) is 0 Å². The van der Waals surface area contributed by atoms with Crippen molar-refractivity contribution in [3.63, 3.8) is 0 Å². The van der Waals surface area contributed by atoms with Gasteiger partial charge in [-0.3, -0.25) is 19.9 Å². The molecule has 0 aliphatic carbocycles. The first-order valence-electron chi connectivity index (χ1n) is 9.46. The van der Waals surface area contributed by atoms with Crippen molar-refractivity contribution in [1.82, 2.24) is 20.3 Å². The topological polar surface area (TPSA) is 90.4 Å². The Labute approximate surface area is 166 Å². The van der Waals surface area contributed by atoms with Crippen LogP contribution in [-0.4, -0.2) is 51.2 Å². The fourth-order valence-electron chi connectivity index (χ4n) is 2.82. The van der Waals surface area contributed by atoms with E-state index in [9.17, 15) is 4.79 Å². The minimum atomic E-state index is -0.609. The molecular weight excluding hydrogens is 354 g/mol. The second-order valence-electron chi connectivity index (χ2n) is 7.01. The van der Waals surface area contributed by atoms with Crippen molar-refractivity contribution in [3.05, 3.63) is 60.1 Å². The SMILES string of the molecule is CC(C)N(CCc1ccccc1)C[C@@H](C)Nc1cnc(C=CC(=O)NO)cn1. The summed E-state index contributed by atoms with van der Waals surface area (Å²) in [7, 11) is 0. The van der Waals surface area contributed by atoms with Crippen molar-refractivity contribution in [2.75, 3.05) is 18.4 Å². The van der Waals surface area contributed by atoms with Crippen molar-refractivity contribution >= 4 is 17.8 Å². The van der Waals surface area contributed by atoms with Crippen LogP contribution in [0.25, 0.3) is 6.08 Å². The van der Waals surface area contributed by atoms with E-state index < -0.39 is 5.91 Å². The van der Waals surface area contributed by atoms with Gasteiger partial charge in [0.2, 0.25) is 0 Å². The fourth-order valence-corrected chi connectivity index (χ4v) is 2.82. The van der Waals surface area contributed by atoms with Gasteiger partial charge in [-0.05, 0) is 38.8 Å². The zero-order valence-corrected chi connectivity index (χ0v) is 16.7. The molecule has 7 nitrogen and oxygen atoms in total. The molecule has 1 heterocycles. The highest BCUT2D eigenvalue weighted by molar-refractivity contribution is 5.90. The molecule has 3 N–H and O–H groups in total. The number of anilines is 1. The average molecular weight is 383 g/mol. The molecule has 0 spiro atoms. The van der Waals surface area contributed by atoms with Gasteiger partial charge in [-0.1, -0.05) is 30.3 Å². The summed E-state index contributed by atoms with van der Waals surface area (Å²) in [5.74, 6) is 0.0740. The van der Waals surface area contributed by atoms with Crippen molar-refractivity contribution in [1.29, 1.82) is 0 Å². The third-order valence-electron chi connectivity index (χ3n) is 4.35. The van der Waals surface area contributed by atoms with E-state index in [1.807, 2.05) is 6.07 Å². The van der Waals surface area contributed by atoms with Crippen LogP contribution in [-0.2, 0) is 11.2 Å². The molecule has 0 radical (unpaired) electrons. The molecule has 1 atom stereocenters. The predicted molar refractivity (Wildman–Crippen MR) is 111 cm³/mol. The molecule has 7 heteroatoms. The third-order valence-corrected chi connectivity index (χ3v) is 4.35. The number of aromatic nitrogens is 2. The summed E-state index contributed by atoms with van der Waals surface area (Å²) >= 11 is 0. The van der Waals surface area contributed by atoms with Gasteiger partial charge in [0.15, 0.2) is 0 Å². The van der Waals surface area contributed by atoms with E-state index in [-0.39, 0.29) is 6.04 Å². The number of nitrogens with zero attached hydrogens (tertiary/aromatic N) is 3. The molecule has 0 saturated carbocycles. The van der Waals surface area contributed by atoms with Gasteiger partial charge in [0.25, 0.3) is 5.91 Å². The molecule has 0 saturated heterocycles. The summed E-state index contributed by atoms with van der Waals surface area (Å²) in [5.41, 5.74) is 3.41. The molecular formula is C21H29N5O2. The van der Waals surface area contributed by atoms with E-state index in [4.69, 9.17) is 5.21 Å². The summed E-state index contributed by atoms with van der Waals surface area (Å²) < 4.78 is 0. The molecule has 1 aromatic carbocycles. The van der Waals surface area contributed by atoms with Crippen LogP contribution in [0, 0.1) is 0 Å². The van der Waals surface area contributed by atoms with E-state index >= 15 is 0 Å². The Morgan fingerprint density at radius 3 is 2.54 bits per heavy atom. The van der Waals surface area contributed by atoms with Crippen LogP contribution in [0.15, 0.2) is 48.8 Å². The van der Waals surface area contributed by atoms with Gasteiger partial charge in [-0.2, -0.15) is 0 Å². The first-order chi connectivity index (χ1) is 13.5.